The van der Waals surface area contributed by atoms with Gasteiger partial charge >= 0.3 is 11.9 Å². The van der Waals surface area contributed by atoms with Gasteiger partial charge in [0.25, 0.3) is 7.82 Å². The SMILES string of the molecule is CSCC(=O)OC[C@H](COP(=O)([O-])OCC[N+](C)(C)C)OC(=O)CSC. The molecule has 0 radical (unpaired) electrons. The highest BCUT2D eigenvalue weighted by atomic mass is 32.2. The first-order valence-electron chi connectivity index (χ1n) is 7.72. The van der Waals surface area contributed by atoms with Crippen LogP contribution in [0.25, 0.3) is 0 Å². The van der Waals surface area contributed by atoms with E-state index in [4.69, 9.17) is 18.5 Å². The van der Waals surface area contributed by atoms with Crippen LogP contribution in [0.1, 0.15) is 0 Å². The highest BCUT2D eigenvalue weighted by Crippen LogP contribution is 2.38. The molecule has 1 unspecified atom stereocenters. The number of quaternary nitrogens is 1. The van der Waals surface area contributed by atoms with Crippen molar-refractivity contribution >= 4 is 43.3 Å². The normalized spacial score (nSPS) is 15.2. The zero-order valence-corrected chi connectivity index (χ0v) is 18.3. The number of hydrogen-bond acceptors (Lipinski definition) is 10. The Bertz CT molecular complexity index is 486. The first-order valence-corrected chi connectivity index (χ1v) is 12.0. The second-order valence-corrected chi connectivity index (χ2v) is 9.39. The summed E-state index contributed by atoms with van der Waals surface area (Å²) in [4.78, 5) is 34.8. The predicted octanol–water partition coefficient (Wildman–Crippen LogP) is 0.375. The molecule has 0 saturated heterocycles. The first kappa shape index (κ1) is 25.7. The number of carbonyl (C=O) groups is 2. The molecule has 12 heteroatoms. The van der Waals surface area contributed by atoms with Crippen molar-refractivity contribution < 1.29 is 42.1 Å². The Kier molecular flexibility index (Phi) is 12.8. The quantitative estimate of drug-likeness (QED) is 0.216. The molecular weight excluding hydrogens is 405 g/mol. The third-order valence-electron chi connectivity index (χ3n) is 2.68. The lowest BCUT2D eigenvalue weighted by molar-refractivity contribution is -0.870. The number of hydrogen-bond donors (Lipinski definition) is 0. The highest BCUT2D eigenvalue weighted by Gasteiger charge is 2.21. The molecule has 9 nitrogen and oxygen atoms in total. The van der Waals surface area contributed by atoms with E-state index in [2.05, 4.69) is 0 Å². The number of thioether (sulfide) groups is 2. The third-order valence-corrected chi connectivity index (χ3v) is 4.70. The maximum absolute atomic E-state index is 11.8. The third kappa shape index (κ3) is 14.8. The Labute approximate surface area is 163 Å². The lowest BCUT2D eigenvalue weighted by Gasteiger charge is -2.28. The van der Waals surface area contributed by atoms with E-state index < -0.39 is 32.5 Å². The Hall–Kier alpha value is -0.290. The molecule has 0 aliphatic carbocycles. The molecule has 0 amide bonds. The summed E-state index contributed by atoms with van der Waals surface area (Å²) in [6.07, 6.45) is 2.42. The Balaban J connectivity index is 4.55. The fourth-order valence-electron chi connectivity index (χ4n) is 1.44. The maximum Gasteiger partial charge on any atom is 0.316 e. The summed E-state index contributed by atoms with van der Waals surface area (Å²) >= 11 is 2.53. The van der Waals surface area contributed by atoms with Crippen LogP contribution in [0, 0.1) is 0 Å². The van der Waals surface area contributed by atoms with E-state index in [1.165, 1.54) is 23.5 Å². The van der Waals surface area contributed by atoms with Crippen molar-refractivity contribution in [2.45, 2.75) is 6.10 Å². The summed E-state index contributed by atoms with van der Waals surface area (Å²) in [5, 5.41) is 0. The topological polar surface area (TPSA) is 111 Å². The minimum Gasteiger partial charge on any atom is -0.756 e. The standard InChI is InChI=1S/C14H28NO8PS2/c1-15(2,3)6-7-21-24(18,19)22-9-12(23-14(17)11-26-5)8-20-13(16)10-25-4/h12H,6-11H2,1-5H3/t12-/m1/s1. The molecule has 0 aliphatic heterocycles. The highest BCUT2D eigenvalue weighted by molar-refractivity contribution is 7.99. The molecule has 0 aromatic carbocycles. The van der Waals surface area contributed by atoms with Crippen LogP contribution in [-0.2, 0) is 32.7 Å². The van der Waals surface area contributed by atoms with Crippen molar-refractivity contribution in [3.8, 4) is 0 Å². The number of nitrogens with zero attached hydrogens (tertiary/aromatic N) is 1. The number of phosphoric ester groups is 1. The van der Waals surface area contributed by atoms with Gasteiger partial charge in [0.2, 0.25) is 0 Å². The molecule has 154 valence electrons. The van der Waals surface area contributed by atoms with Gasteiger partial charge in [-0.25, -0.2) is 0 Å². The van der Waals surface area contributed by atoms with Gasteiger partial charge in [-0.2, -0.15) is 23.5 Å². The summed E-state index contributed by atoms with van der Waals surface area (Å²) in [6.45, 7) is -0.353. The second-order valence-electron chi connectivity index (χ2n) is 6.25. The molecule has 0 rings (SSSR count). The molecule has 26 heavy (non-hydrogen) atoms. The minimum atomic E-state index is -4.55. The van der Waals surface area contributed by atoms with Crippen molar-refractivity contribution in [2.75, 3.05) is 71.5 Å². The van der Waals surface area contributed by atoms with Crippen LogP contribution >= 0.6 is 31.3 Å². The Morgan fingerprint density at radius 3 is 2.15 bits per heavy atom. The predicted molar refractivity (Wildman–Crippen MR) is 100 cm³/mol. The first-order chi connectivity index (χ1) is 12.0. The molecule has 0 aromatic rings. The Morgan fingerprint density at radius 1 is 1.04 bits per heavy atom. The van der Waals surface area contributed by atoms with Gasteiger partial charge in [0.1, 0.15) is 19.8 Å². The largest absolute Gasteiger partial charge is 0.756 e. The summed E-state index contributed by atoms with van der Waals surface area (Å²) in [6, 6.07) is 0. The van der Waals surface area contributed by atoms with E-state index >= 15 is 0 Å². The Morgan fingerprint density at radius 2 is 1.62 bits per heavy atom. The van der Waals surface area contributed by atoms with E-state index in [9.17, 15) is 19.0 Å². The van der Waals surface area contributed by atoms with Gasteiger partial charge in [-0.15, -0.1) is 0 Å². The maximum atomic E-state index is 11.8. The van der Waals surface area contributed by atoms with Gasteiger partial charge in [-0.05, 0) is 12.5 Å². The van der Waals surface area contributed by atoms with Crippen molar-refractivity contribution in [3.05, 3.63) is 0 Å². The number of ether oxygens (including phenoxy) is 2. The van der Waals surface area contributed by atoms with E-state index in [1.807, 2.05) is 21.1 Å². The van der Waals surface area contributed by atoms with Crippen molar-refractivity contribution in [1.82, 2.24) is 0 Å². The zero-order chi connectivity index (χ0) is 20.2. The number of phosphoric acid groups is 1. The smallest absolute Gasteiger partial charge is 0.316 e. The zero-order valence-electron chi connectivity index (χ0n) is 15.8. The van der Waals surface area contributed by atoms with Gasteiger partial charge in [0, 0.05) is 0 Å². The van der Waals surface area contributed by atoms with Crippen molar-refractivity contribution in [2.24, 2.45) is 0 Å². The fourth-order valence-corrected chi connectivity index (χ4v) is 2.79. The lowest BCUT2D eigenvalue weighted by Crippen LogP contribution is -2.37. The summed E-state index contributed by atoms with van der Waals surface area (Å²) in [5.41, 5.74) is 0. The fraction of sp³-hybridized carbons (Fsp3) is 0.857. The number of carbonyl (C=O) groups excluding carboxylic acids is 2. The number of rotatable bonds is 14. The van der Waals surface area contributed by atoms with Crippen LogP contribution in [0.5, 0.6) is 0 Å². The van der Waals surface area contributed by atoms with Crippen LogP contribution < -0.4 is 4.89 Å². The molecule has 0 N–H and O–H groups in total. The second kappa shape index (κ2) is 13.0. The van der Waals surface area contributed by atoms with E-state index in [-0.39, 0.29) is 24.7 Å². The molecular formula is C14H28NO8PS2. The van der Waals surface area contributed by atoms with Gasteiger partial charge in [-0.1, -0.05) is 0 Å². The molecule has 0 spiro atoms. The van der Waals surface area contributed by atoms with E-state index in [0.29, 0.717) is 11.0 Å². The molecule has 0 aromatic heterocycles. The monoisotopic (exact) mass is 433 g/mol. The average Bonchev–Trinajstić information content (AvgIpc) is 2.49. The van der Waals surface area contributed by atoms with Gasteiger partial charge in [0.05, 0.1) is 39.3 Å². The van der Waals surface area contributed by atoms with Gasteiger partial charge in [-0.3, -0.25) is 14.2 Å². The lowest BCUT2D eigenvalue weighted by atomic mass is 10.4. The summed E-state index contributed by atoms with van der Waals surface area (Å²) in [5.74, 6) is -0.822. The number of esters is 2. The van der Waals surface area contributed by atoms with Crippen LogP contribution in [0.2, 0.25) is 0 Å². The molecule has 0 fully saturated rings. The summed E-state index contributed by atoms with van der Waals surface area (Å²) in [7, 11) is 1.13. The molecule has 0 saturated carbocycles. The van der Waals surface area contributed by atoms with Crippen LogP contribution in [-0.4, -0.2) is 94.1 Å². The van der Waals surface area contributed by atoms with E-state index in [0.717, 1.165) is 0 Å². The van der Waals surface area contributed by atoms with Crippen LogP contribution in [0.3, 0.4) is 0 Å². The van der Waals surface area contributed by atoms with Crippen LogP contribution in [0.15, 0.2) is 0 Å². The average molecular weight is 433 g/mol. The molecule has 0 aliphatic rings. The van der Waals surface area contributed by atoms with Gasteiger partial charge in [0.15, 0.2) is 6.10 Å². The van der Waals surface area contributed by atoms with Gasteiger partial charge < -0.3 is 27.9 Å². The molecule has 0 bridgehead atoms. The summed E-state index contributed by atoms with van der Waals surface area (Å²) < 4.78 is 31.9. The van der Waals surface area contributed by atoms with Crippen molar-refractivity contribution in [3.63, 3.8) is 0 Å². The molecule has 0 heterocycles. The molecule has 2 atom stereocenters. The number of likely N-dealkylation sites (N-methyl/N-ethyl adjacent to an activating group) is 1. The van der Waals surface area contributed by atoms with Crippen LogP contribution in [0.4, 0.5) is 0 Å². The van der Waals surface area contributed by atoms with Crippen molar-refractivity contribution in [1.29, 1.82) is 0 Å². The van der Waals surface area contributed by atoms with E-state index in [1.54, 1.807) is 12.5 Å². The minimum absolute atomic E-state index is 0.0378.